The Morgan fingerprint density at radius 2 is 2.10 bits per heavy atom. The van der Waals surface area contributed by atoms with Crippen LogP contribution < -0.4 is 4.90 Å². The van der Waals surface area contributed by atoms with Gasteiger partial charge in [0.25, 0.3) is 0 Å². The quantitative estimate of drug-likeness (QED) is 0.881. The number of anilines is 1. The van der Waals surface area contributed by atoms with E-state index in [1.807, 2.05) is 13.0 Å². The average molecular weight is 289 g/mol. The molecule has 2 rings (SSSR count). The molecule has 1 aromatic carbocycles. The van der Waals surface area contributed by atoms with Gasteiger partial charge in [-0.15, -0.1) is 0 Å². The van der Waals surface area contributed by atoms with E-state index in [0.29, 0.717) is 11.5 Å². The van der Waals surface area contributed by atoms with Crippen LogP contribution >= 0.6 is 0 Å². The van der Waals surface area contributed by atoms with E-state index in [-0.39, 0.29) is 5.54 Å². The molecule has 0 saturated carbocycles. The predicted molar refractivity (Wildman–Crippen MR) is 87.5 cm³/mol. The lowest BCUT2D eigenvalue weighted by atomic mass is 9.79. The number of hydrogen-bond donors (Lipinski definition) is 1. The van der Waals surface area contributed by atoms with Crippen molar-refractivity contribution in [3.8, 4) is 0 Å². The Hall–Kier alpha value is -1.51. The van der Waals surface area contributed by atoms with E-state index in [9.17, 15) is 9.90 Å². The van der Waals surface area contributed by atoms with Crippen molar-refractivity contribution in [1.29, 1.82) is 0 Å². The van der Waals surface area contributed by atoms with Gasteiger partial charge in [-0.3, -0.25) is 0 Å². The highest BCUT2D eigenvalue weighted by molar-refractivity contribution is 5.90. The molecule has 1 aromatic rings. The summed E-state index contributed by atoms with van der Waals surface area (Å²) in [6.45, 7) is 11.9. The first-order valence-corrected chi connectivity index (χ1v) is 7.93. The van der Waals surface area contributed by atoms with Crippen molar-refractivity contribution in [2.45, 2.75) is 65.3 Å². The Balaban J connectivity index is 2.54. The maximum atomic E-state index is 11.4. The predicted octanol–water partition coefficient (Wildman–Crippen LogP) is 4.59. The molecule has 1 aliphatic rings. The minimum Gasteiger partial charge on any atom is -0.478 e. The fourth-order valence-electron chi connectivity index (χ4n) is 3.60. The second kappa shape index (κ2) is 5.70. The Kier molecular flexibility index (Phi) is 4.31. The Morgan fingerprint density at radius 3 is 2.67 bits per heavy atom. The molecule has 0 spiro atoms. The van der Waals surface area contributed by atoms with Crippen LogP contribution in [-0.2, 0) is 0 Å². The van der Waals surface area contributed by atoms with Gasteiger partial charge in [-0.25, -0.2) is 4.79 Å². The fourth-order valence-corrected chi connectivity index (χ4v) is 3.60. The number of aryl methyl sites for hydroxylation is 1. The highest BCUT2D eigenvalue weighted by atomic mass is 16.4. The number of nitrogens with zero attached hydrogens (tertiary/aromatic N) is 1. The van der Waals surface area contributed by atoms with Crippen LogP contribution in [0, 0.1) is 6.92 Å². The summed E-state index contributed by atoms with van der Waals surface area (Å²) in [6, 6.07) is 3.97. The smallest absolute Gasteiger partial charge is 0.335 e. The molecule has 1 aliphatic heterocycles. The van der Waals surface area contributed by atoms with Crippen LogP contribution in [0.15, 0.2) is 12.1 Å². The summed E-state index contributed by atoms with van der Waals surface area (Å²) < 4.78 is 0. The summed E-state index contributed by atoms with van der Waals surface area (Å²) in [6.07, 6.45) is 3.40. The van der Waals surface area contributed by atoms with Gasteiger partial charge in [-0.05, 0) is 62.8 Å². The van der Waals surface area contributed by atoms with Gasteiger partial charge in [0, 0.05) is 17.8 Å². The van der Waals surface area contributed by atoms with Crippen molar-refractivity contribution in [2.75, 3.05) is 11.4 Å². The van der Waals surface area contributed by atoms with E-state index in [4.69, 9.17) is 0 Å². The van der Waals surface area contributed by atoms with Gasteiger partial charge in [0.2, 0.25) is 0 Å². The van der Waals surface area contributed by atoms with Gasteiger partial charge in [-0.2, -0.15) is 0 Å². The number of rotatable bonds is 4. The first kappa shape index (κ1) is 15.9. The van der Waals surface area contributed by atoms with Gasteiger partial charge in [-0.1, -0.05) is 20.3 Å². The molecule has 0 aromatic heterocycles. The molecular weight excluding hydrogens is 262 g/mol. The monoisotopic (exact) mass is 289 g/mol. The molecule has 3 nitrogen and oxygen atoms in total. The van der Waals surface area contributed by atoms with Gasteiger partial charge >= 0.3 is 5.97 Å². The molecular formula is C18H27NO2. The zero-order valence-corrected chi connectivity index (χ0v) is 13.9. The summed E-state index contributed by atoms with van der Waals surface area (Å²) in [5.74, 6) is -0.431. The highest BCUT2D eigenvalue weighted by Gasteiger charge is 2.36. The minimum atomic E-state index is -0.826. The summed E-state index contributed by atoms with van der Waals surface area (Å²) in [4.78, 5) is 13.9. The van der Waals surface area contributed by atoms with Crippen molar-refractivity contribution in [3.05, 3.63) is 28.8 Å². The number of benzene rings is 1. The number of fused-ring (bicyclic) bond motifs is 1. The van der Waals surface area contributed by atoms with E-state index >= 15 is 0 Å². The van der Waals surface area contributed by atoms with Gasteiger partial charge in [0.05, 0.1) is 5.56 Å². The van der Waals surface area contributed by atoms with E-state index in [1.165, 1.54) is 17.7 Å². The van der Waals surface area contributed by atoms with Crippen LogP contribution in [0.4, 0.5) is 5.69 Å². The summed E-state index contributed by atoms with van der Waals surface area (Å²) in [7, 11) is 0. The largest absolute Gasteiger partial charge is 0.478 e. The van der Waals surface area contributed by atoms with Crippen LogP contribution in [0.1, 0.15) is 74.4 Å². The third-order valence-corrected chi connectivity index (χ3v) is 4.70. The second-order valence-corrected chi connectivity index (χ2v) is 6.95. The van der Waals surface area contributed by atoms with Crippen molar-refractivity contribution in [2.24, 2.45) is 0 Å². The number of hydrogen-bond acceptors (Lipinski definition) is 2. The van der Waals surface area contributed by atoms with E-state index in [0.717, 1.165) is 24.9 Å². The zero-order valence-electron chi connectivity index (χ0n) is 13.9. The second-order valence-electron chi connectivity index (χ2n) is 6.95. The molecule has 1 atom stereocenters. The van der Waals surface area contributed by atoms with Gasteiger partial charge < -0.3 is 10.0 Å². The molecule has 0 bridgehead atoms. The third kappa shape index (κ3) is 2.92. The number of carboxylic acid groups (broad SMARTS) is 1. The molecule has 0 saturated heterocycles. The minimum absolute atomic E-state index is 0.124. The van der Waals surface area contributed by atoms with Crippen LogP contribution in [0.2, 0.25) is 0 Å². The number of unbranched alkanes of at least 4 members (excludes halogenated alkanes) is 1. The molecule has 3 heteroatoms. The molecule has 21 heavy (non-hydrogen) atoms. The van der Waals surface area contributed by atoms with E-state index in [1.54, 1.807) is 0 Å². The van der Waals surface area contributed by atoms with Crippen molar-refractivity contribution >= 4 is 11.7 Å². The summed E-state index contributed by atoms with van der Waals surface area (Å²) >= 11 is 0. The molecule has 0 aliphatic carbocycles. The van der Waals surface area contributed by atoms with Gasteiger partial charge in [0.1, 0.15) is 0 Å². The molecule has 0 amide bonds. The Bertz CT molecular complexity index is 548. The summed E-state index contributed by atoms with van der Waals surface area (Å²) in [5, 5.41) is 9.35. The van der Waals surface area contributed by atoms with Crippen molar-refractivity contribution in [3.63, 3.8) is 0 Å². The third-order valence-electron chi connectivity index (χ3n) is 4.70. The molecule has 0 fully saturated rings. The molecule has 116 valence electrons. The molecule has 0 unspecified atom stereocenters. The Morgan fingerprint density at radius 1 is 1.43 bits per heavy atom. The fraction of sp³-hybridized carbons (Fsp3) is 0.611. The number of carbonyl (C=O) groups is 1. The van der Waals surface area contributed by atoms with Crippen molar-refractivity contribution in [1.82, 2.24) is 0 Å². The summed E-state index contributed by atoms with van der Waals surface area (Å²) in [5.41, 5.74) is 3.84. The lowest BCUT2D eigenvalue weighted by molar-refractivity contribution is 0.0696. The topological polar surface area (TPSA) is 40.5 Å². The lowest BCUT2D eigenvalue weighted by Gasteiger charge is -2.48. The maximum absolute atomic E-state index is 11.4. The molecule has 1 N–H and O–H groups in total. The van der Waals surface area contributed by atoms with Gasteiger partial charge in [0.15, 0.2) is 0 Å². The highest BCUT2D eigenvalue weighted by Crippen LogP contribution is 2.44. The maximum Gasteiger partial charge on any atom is 0.335 e. The Labute approximate surface area is 128 Å². The van der Waals surface area contributed by atoms with E-state index in [2.05, 4.69) is 38.7 Å². The zero-order chi connectivity index (χ0) is 15.8. The normalized spacial score (nSPS) is 20.2. The lowest BCUT2D eigenvalue weighted by Crippen LogP contribution is -2.48. The average Bonchev–Trinajstić information content (AvgIpc) is 2.36. The van der Waals surface area contributed by atoms with Crippen LogP contribution in [0.25, 0.3) is 0 Å². The van der Waals surface area contributed by atoms with E-state index < -0.39 is 5.97 Å². The van der Waals surface area contributed by atoms with Crippen molar-refractivity contribution < 1.29 is 9.90 Å². The first-order chi connectivity index (χ1) is 9.77. The molecule has 1 heterocycles. The number of aromatic carboxylic acids is 1. The standard InChI is InChI=1S/C18H27NO2/c1-6-7-8-19-16-9-12(2)15(17(20)21)10-14(16)13(3)11-18(19,4)5/h9-10,13H,6-8,11H2,1-5H3,(H,20,21)/t13-/m0/s1. The molecule has 0 radical (unpaired) electrons. The van der Waals surface area contributed by atoms with Crippen LogP contribution in [0.5, 0.6) is 0 Å². The first-order valence-electron chi connectivity index (χ1n) is 7.93. The SMILES string of the molecule is CCCCN1c2cc(C)c(C(=O)O)cc2[C@@H](C)CC1(C)C. The van der Waals surface area contributed by atoms with Crippen LogP contribution in [0.3, 0.4) is 0 Å². The van der Waals surface area contributed by atoms with Crippen LogP contribution in [-0.4, -0.2) is 23.2 Å². The number of carboxylic acids is 1.